The summed E-state index contributed by atoms with van der Waals surface area (Å²) in [5.41, 5.74) is 0.681. The molecular formula is C12H23N. The molecule has 4 atom stereocenters. The van der Waals surface area contributed by atoms with Crippen LogP contribution in [-0.2, 0) is 0 Å². The van der Waals surface area contributed by atoms with Crippen LogP contribution >= 0.6 is 0 Å². The molecule has 1 aliphatic heterocycles. The minimum atomic E-state index is 0.681. The van der Waals surface area contributed by atoms with E-state index < -0.39 is 0 Å². The maximum atomic E-state index is 2.71. The number of hydrogen-bond acceptors (Lipinski definition) is 1. The predicted octanol–water partition coefficient (Wildman–Crippen LogP) is 2.91. The number of rotatable bonds is 3. The Morgan fingerprint density at radius 3 is 2.23 bits per heavy atom. The molecule has 2 aliphatic rings. The van der Waals surface area contributed by atoms with E-state index in [4.69, 9.17) is 0 Å². The van der Waals surface area contributed by atoms with Gasteiger partial charge in [0.25, 0.3) is 0 Å². The number of likely N-dealkylation sites (tertiary alicyclic amines) is 1. The third-order valence-electron chi connectivity index (χ3n) is 4.69. The first-order chi connectivity index (χ1) is 6.20. The summed E-state index contributed by atoms with van der Waals surface area (Å²) in [6.07, 6.45) is 4.24. The van der Waals surface area contributed by atoms with E-state index in [1.165, 1.54) is 25.8 Å². The van der Waals surface area contributed by atoms with Crippen molar-refractivity contribution in [3.8, 4) is 0 Å². The second-order valence-electron chi connectivity index (χ2n) is 5.02. The summed E-state index contributed by atoms with van der Waals surface area (Å²) < 4.78 is 0. The van der Waals surface area contributed by atoms with Gasteiger partial charge in [-0.1, -0.05) is 27.7 Å². The quantitative estimate of drug-likeness (QED) is 0.605. The number of likely N-dealkylation sites (N-methyl/N-ethyl adjacent to an activating group) is 1. The second kappa shape index (κ2) is 2.98. The Labute approximate surface area is 82.5 Å². The van der Waals surface area contributed by atoms with Gasteiger partial charge in [0.15, 0.2) is 0 Å². The van der Waals surface area contributed by atoms with E-state index in [-0.39, 0.29) is 0 Å². The van der Waals surface area contributed by atoms with Crippen LogP contribution < -0.4 is 0 Å². The molecule has 1 heterocycles. The Balaban J connectivity index is 2.15. The van der Waals surface area contributed by atoms with Crippen molar-refractivity contribution in [3.63, 3.8) is 0 Å². The maximum absolute atomic E-state index is 2.71. The highest BCUT2D eigenvalue weighted by Crippen LogP contribution is 2.59. The number of nitrogens with zero attached hydrogens (tertiary/aromatic N) is 1. The van der Waals surface area contributed by atoms with Gasteiger partial charge in [0.1, 0.15) is 0 Å². The molecule has 1 aliphatic carbocycles. The zero-order chi connectivity index (χ0) is 9.64. The summed E-state index contributed by atoms with van der Waals surface area (Å²) in [4.78, 5) is 2.71. The van der Waals surface area contributed by atoms with Crippen molar-refractivity contribution < 1.29 is 0 Å². The molecule has 0 amide bonds. The molecule has 2 fully saturated rings. The molecule has 1 saturated carbocycles. The largest absolute Gasteiger partial charge is 0.294 e. The fourth-order valence-electron chi connectivity index (χ4n) is 3.90. The Kier molecular flexibility index (Phi) is 2.18. The van der Waals surface area contributed by atoms with E-state index in [0.717, 1.165) is 18.0 Å². The molecule has 0 bridgehead atoms. The van der Waals surface area contributed by atoms with Crippen LogP contribution in [0.25, 0.3) is 0 Å². The van der Waals surface area contributed by atoms with Crippen LogP contribution in [0.5, 0.6) is 0 Å². The van der Waals surface area contributed by atoms with Crippen molar-refractivity contribution in [1.29, 1.82) is 0 Å². The molecular weight excluding hydrogens is 158 g/mol. The second-order valence-corrected chi connectivity index (χ2v) is 5.02. The molecule has 0 radical (unpaired) electrons. The van der Waals surface area contributed by atoms with Crippen molar-refractivity contribution in [1.82, 2.24) is 4.90 Å². The third-order valence-corrected chi connectivity index (χ3v) is 4.69. The van der Waals surface area contributed by atoms with E-state index in [2.05, 4.69) is 32.6 Å². The smallest absolute Gasteiger partial charge is 0.0314 e. The highest BCUT2D eigenvalue weighted by molar-refractivity contribution is 5.18. The summed E-state index contributed by atoms with van der Waals surface area (Å²) in [5.74, 6) is 0.949. The third kappa shape index (κ3) is 1.09. The van der Waals surface area contributed by atoms with Crippen molar-refractivity contribution in [2.75, 3.05) is 6.54 Å². The molecule has 1 nitrogen and oxygen atoms in total. The normalized spacial score (nSPS) is 46.2. The van der Waals surface area contributed by atoms with Gasteiger partial charge in [0.05, 0.1) is 0 Å². The fourth-order valence-corrected chi connectivity index (χ4v) is 3.90. The van der Waals surface area contributed by atoms with Gasteiger partial charge in [0, 0.05) is 12.1 Å². The topological polar surface area (TPSA) is 3.01 Å². The van der Waals surface area contributed by atoms with Gasteiger partial charge in [0.2, 0.25) is 0 Å². The molecule has 76 valence electrons. The summed E-state index contributed by atoms with van der Waals surface area (Å²) in [6, 6.07) is 1.90. The van der Waals surface area contributed by atoms with Crippen LogP contribution in [0.3, 0.4) is 0 Å². The standard InChI is InChI=1S/C12H23N/c1-5-12(6-2)8-9(4)10-11(12)13(10)7-3/h9-11H,5-8H2,1-4H3. The van der Waals surface area contributed by atoms with Gasteiger partial charge in [-0.15, -0.1) is 0 Å². The minimum Gasteiger partial charge on any atom is -0.294 e. The molecule has 0 aromatic heterocycles. The van der Waals surface area contributed by atoms with Crippen molar-refractivity contribution >= 4 is 0 Å². The summed E-state index contributed by atoms with van der Waals surface area (Å²) >= 11 is 0. The van der Waals surface area contributed by atoms with Crippen molar-refractivity contribution in [2.24, 2.45) is 11.3 Å². The molecule has 0 spiro atoms. The Hall–Kier alpha value is -0.0400. The number of piperidine rings is 1. The van der Waals surface area contributed by atoms with Gasteiger partial charge in [-0.2, -0.15) is 0 Å². The average molecular weight is 181 g/mol. The maximum Gasteiger partial charge on any atom is 0.0314 e. The monoisotopic (exact) mass is 181 g/mol. The van der Waals surface area contributed by atoms with Crippen LogP contribution in [0.4, 0.5) is 0 Å². The Bertz CT molecular complexity index is 195. The fraction of sp³-hybridized carbons (Fsp3) is 1.00. The zero-order valence-corrected chi connectivity index (χ0v) is 9.51. The molecule has 0 N–H and O–H groups in total. The van der Waals surface area contributed by atoms with E-state index >= 15 is 0 Å². The van der Waals surface area contributed by atoms with Crippen LogP contribution in [0.15, 0.2) is 0 Å². The molecule has 0 aromatic carbocycles. The van der Waals surface area contributed by atoms with Crippen LogP contribution in [-0.4, -0.2) is 23.5 Å². The van der Waals surface area contributed by atoms with Gasteiger partial charge in [-0.25, -0.2) is 0 Å². The van der Waals surface area contributed by atoms with E-state index in [1.54, 1.807) is 0 Å². The SMILES string of the molecule is CCN1C2C(C)CC(CC)(CC)C21. The first-order valence-corrected chi connectivity index (χ1v) is 5.96. The highest BCUT2D eigenvalue weighted by atomic mass is 15.4. The predicted molar refractivity (Wildman–Crippen MR) is 56.8 cm³/mol. The molecule has 4 unspecified atom stereocenters. The average Bonchev–Trinajstić information content (AvgIpc) is 2.82. The summed E-state index contributed by atoms with van der Waals surface area (Å²) in [7, 11) is 0. The van der Waals surface area contributed by atoms with Crippen LogP contribution in [0, 0.1) is 11.3 Å². The summed E-state index contributed by atoms with van der Waals surface area (Å²) in [6.45, 7) is 10.8. The van der Waals surface area contributed by atoms with Crippen molar-refractivity contribution in [2.45, 2.75) is 59.0 Å². The Morgan fingerprint density at radius 2 is 1.85 bits per heavy atom. The van der Waals surface area contributed by atoms with E-state index in [0.29, 0.717) is 5.41 Å². The lowest BCUT2D eigenvalue weighted by Crippen LogP contribution is -2.28. The number of hydrogen-bond donors (Lipinski definition) is 0. The lowest BCUT2D eigenvalue weighted by molar-refractivity contribution is 0.182. The van der Waals surface area contributed by atoms with Crippen molar-refractivity contribution in [3.05, 3.63) is 0 Å². The highest BCUT2D eigenvalue weighted by Gasteiger charge is 2.64. The molecule has 2 rings (SSSR count). The van der Waals surface area contributed by atoms with E-state index in [1.807, 2.05) is 0 Å². The molecule has 0 aromatic rings. The Morgan fingerprint density at radius 1 is 1.23 bits per heavy atom. The van der Waals surface area contributed by atoms with Gasteiger partial charge < -0.3 is 0 Å². The van der Waals surface area contributed by atoms with Crippen LogP contribution in [0.2, 0.25) is 0 Å². The zero-order valence-electron chi connectivity index (χ0n) is 9.51. The lowest BCUT2D eigenvalue weighted by atomic mass is 9.78. The minimum absolute atomic E-state index is 0.681. The first kappa shape index (κ1) is 9.51. The van der Waals surface area contributed by atoms with E-state index in [9.17, 15) is 0 Å². The summed E-state index contributed by atoms with van der Waals surface area (Å²) in [5, 5.41) is 0. The van der Waals surface area contributed by atoms with Gasteiger partial charge in [-0.3, -0.25) is 4.90 Å². The van der Waals surface area contributed by atoms with Crippen LogP contribution in [0.1, 0.15) is 47.0 Å². The molecule has 1 heteroatoms. The molecule has 13 heavy (non-hydrogen) atoms. The first-order valence-electron chi connectivity index (χ1n) is 5.96. The molecule has 1 saturated heterocycles. The lowest BCUT2D eigenvalue weighted by Gasteiger charge is -2.31. The number of fused-ring (bicyclic) bond motifs is 1. The van der Waals surface area contributed by atoms with Gasteiger partial charge >= 0.3 is 0 Å². The van der Waals surface area contributed by atoms with Gasteiger partial charge in [-0.05, 0) is 37.1 Å².